The van der Waals surface area contributed by atoms with Gasteiger partial charge in [-0.3, -0.25) is 14.4 Å². The lowest BCUT2D eigenvalue weighted by molar-refractivity contribution is -0.145. The zero-order valence-electron chi connectivity index (χ0n) is 19.3. The Labute approximate surface area is 181 Å². The lowest BCUT2D eigenvalue weighted by Crippen LogP contribution is -2.31. The van der Waals surface area contributed by atoms with Gasteiger partial charge in [0, 0.05) is 19.8 Å². The predicted molar refractivity (Wildman–Crippen MR) is 116 cm³/mol. The minimum absolute atomic E-state index is 0.0498. The Hall–Kier alpha value is -1.67. The molecule has 0 radical (unpaired) electrons. The summed E-state index contributed by atoms with van der Waals surface area (Å²) in [5, 5.41) is 6.55. The monoisotopic (exact) mass is 430 g/mol. The number of esters is 3. The number of ether oxygens (including phenoxy) is 3. The molecule has 8 heteroatoms. The minimum Gasteiger partial charge on any atom is -0.466 e. The molecule has 8 nitrogen and oxygen atoms in total. The smallest absolute Gasteiger partial charge is 0.306 e. The summed E-state index contributed by atoms with van der Waals surface area (Å²) in [5.41, 5.74) is 0. The summed E-state index contributed by atoms with van der Waals surface area (Å²) in [5.74, 6) is 0.686. The van der Waals surface area contributed by atoms with Crippen molar-refractivity contribution in [2.75, 3.05) is 46.0 Å². The molecule has 0 aromatic carbocycles. The number of rotatable bonds is 7. The third-order valence-electron chi connectivity index (χ3n) is 4.67. The fraction of sp³-hybridized carbons (Fsp3) is 0.864. The standard InChI is InChI=1S/2C9H17NO2.C4H8O2/c2*1-2-12-9(11)6-8-4-3-5-10-7-8;1-3-6-4(2)5/h2*8,10H,2-7H2,1H3;3H2,1-2H3/t8-;;/m0../s1. The first-order valence-corrected chi connectivity index (χ1v) is 11.3. The Balaban J connectivity index is 0.000000447. The van der Waals surface area contributed by atoms with E-state index in [-0.39, 0.29) is 17.9 Å². The largest absolute Gasteiger partial charge is 0.466 e. The topological polar surface area (TPSA) is 103 Å². The van der Waals surface area contributed by atoms with Crippen LogP contribution in [0.1, 0.15) is 66.2 Å². The van der Waals surface area contributed by atoms with Crippen LogP contribution < -0.4 is 10.6 Å². The third kappa shape index (κ3) is 17.2. The van der Waals surface area contributed by atoms with Gasteiger partial charge >= 0.3 is 17.9 Å². The quantitative estimate of drug-likeness (QED) is 0.469. The molecular weight excluding hydrogens is 388 g/mol. The van der Waals surface area contributed by atoms with Gasteiger partial charge in [-0.1, -0.05) is 0 Å². The van der Waals surface area contributed by atoms with E-state index in [1.807, 2.05) is 13.8 Å². The first kappa shape index (κ1) is 28.3. The second kappa shape index (κ2) is 19.3. The van der Waals surface area contributed by atoms with E-state index in [0.29, 0.717) is 44.5 Å². The maximum Gasteiger partial charge on any atom is 0.306 e. The molecule has 30 heavy (non-hydrogen) atoms. The van der Waals surface area contributed by atoms with Gasteiger partial charge < -0.3 is 24.8 Å². The highest BCUT2D eigenvalue weighted by Gasteiger charge is 2.17. The fourth-order valence-electron chi connectivity index (χ4n) is 3.31. The van der Waals surface area contributed by atoms with E-state index >= 15 is 0 Å². The molecule has 2 rings (SSSR count). The van der Waals surface area contributed by atoms with Crippen molar-refractivity contribution in [3.8, 4) is 0 Å². The molecule has 176 valence electrons. The molecule has 2 aliphatic rings. The van der Waals surface area contributed by atoms with E-state index in [9.17, 15) is 14.4 Å². The van der Waals surface area contributed by atoms with Crippen molar-refractivity contribution < 1.29 is 28.6 Å². The van der Waals surface area contributed by atoms with Gasteiger partial charge in [0.05, 0.1) is 19.8 Å². The number of hydrogen-bond acceptors (Lipinski definition) is 8. The van der Waals surface area contributed by atoms with E-state index in [2.05, 4.69) is 15.4 Å². The molecule has 2 fully saturated rings. The Kier molecular flexibility index (Phi) is 18.2. The van der Waals surface area contributed by atoms with Crippen LogP contribution in [0.4, 0.5) is 0 Å². The van der Waals surface area contributed by atoms with Gasteiger partial charge in [0.15, 0.2) is 0 Å². The molecule has 0 saturated carbocycles. The molecule has 0 aromatic heterocycles. The van der Waals surface area contributed by atoms with Crippen LogP contribution in [0.5, 0.6) is 0 Å². The highest BCUT2D eigenvalue weighted by atomic mass is 16.5. The molecular formula is C22H42N2O6. The lowest BCUT2D eigenvalue weighted by Gasteiger charge is -2.21. The molecule has 2 atom stereocenters. The normalized spacial score (nSPS) is 20.4. The average Bonchev–Trinajstić information content (AvgIpc) is 2.71. The fourth-order valence-corrected chi connectivity index (χ4v) is 3.31. The second-order valence-corrected chi connectivity index (χ2v) is 7.37. The first-order valence-electron chi connectivity index (χ1n) is 11.3. The molecule has 2 saturated heterocycles. The van der Waals surface area contributed by atoms with Crippen LogP contribution in [0.15, 0.2) is 0 Å². The summed E-state index contributed by atoms with van der Waals surface area (Å²) >= 11 is 0. The Bertz CT molecular complexity index is 427. The summed E-state index contributed by atoms with van der Waals surface area (Å²) in [4.78, 5) is 31.9. The zero-order chi connectivity index (χ0) is 22.6. The zero-order valence-corrected chi connectivity index (χ0v) is 19.3. The highest BCUT2D eigenvalue weighted by Crippen LogP contribution is 2.15. The van der Waals surface area contributed by atoms with E-state index < -0.39 is 0 Å². The molecule has 0 bridgehead atoms. The van der Waals surface area contributed by atoms with Gasteiger partial charge in [-0.25, -0.2) is 0 Å². The summed E-state index contributed by atoms with van der Waals surface area (Å²) < 4.78 is 14.2. The molecule has 2 heterocycles. The van der Waals surface area contributed by atoms with Crippen LogP contribution in [-0.2, 0) is 28.6 Å². The van der Waals surface area contributed by atoms with Crippen molar-refractivity contribution >= 4 is 17.9 Å². The maximum atomic E-state index is 11.1. The van der Waals surface area contributed by atoms with E-state index in [0.717, 1.165) is 39.0 Å². The number of piperidine rings is 2. The van der Waals surface area contributed by atoms with Crippen LogP contribution in [0.2, 0.25) is 0 Å². The van der Waals surface area contributed by atoms with Crippen molar-refractivity contribution in [1.82, 2.24) is 10.6 Å². The van der Waals surface area contributed by atoms with E-state index in [1.54, 1.807) is 6.92 Å². The molecule has 2 N–H and O–H groups in total. The molecule has 0 amide bonds. The van der Waals surface area contributed by atoms with Crippen LogP contribution in [0.3, 0.4) is 0 Å². The van der Waals surface area contributed by atoms with Gasteiger partial charge in [-0.2, -0.15) is 0 Å². The molecule has 0 aromatic rings. The lowest BCUT2D eigenvalue weighted by atomic mass is 9.96. The molecule has 1 unspecified atom stereocenters. The van der Waals surface area contributed by atoms with Crippen LogP contribution in [0, 0.1) is 11.8 Å². The SMILES string of the molecule is CCOC(=O)CC1CCCNC1.CCOC(=O)C[C@@H]1CCCNC1.CCOC(C)=O. The van der Waals surface area contributed by atoms with Crippen LogP contribution >= 0.6 is 0 Å². The maximum absolute atomic E-state index is 11.1. The van der Waals surface area contributed by atoms with Crippen LogP contribution in [0.25, 0.3) is 0 Å². The van der Waals surface area contributed by atoms with Gasteiger partial charge in [0.2, 0.25) is 0 Å². The van der Waals surface area contributed by atoms with Gasteiger partial charge in [-0.15, -0.1) is 0 Å². The average molecular weight is 431 g/mol. The number of nitrogens with one attached hydrogen (secondary N) is 2. The molecule has 0 aliphatic carbocycles. The third-order valence-corrected chi connectivity index (χ3v) is 4.67. The Morgan fingerprint density at radius 2 is 1.13 bits per heavy atom. The van der Waals surface area contributed by atoms with Crippen molar-refractivity contribution in [3.05, 3.63) is 0 Å². The number of carbonyl (C=O) groups is 3. The minimum atomic E-state index is -0.211. The Morgan fingerprint density at radius 1 is 0.733 bits per heavy atom. The number of carbonyl (C=O) groups excluding carboxylic acids is 3. The summed E-state index contributed by atoms with van der Waals surface area (Å²) in [7, 11) is 0. The predicted octanol–water partition coefficient (Wildman–Crippen LogP) is 2.45. The van der Waals surface area contributed by atoms with E-state index in [4.69, 9.17) is 9.47 Å². The number of hydrogen-bond donors (Lipinski definition) is 2. The van der Waals surface area contributed by atoms with E-state index in [1.165, 1.54) is 19.8 Å². The molecule has 0 spiro atoms. The van der Waals surface area contributed by atoms with Gasteiger partial charge in [-0.05, 0) is 84.5 Å². The highest BCUT2D eigenvalue weighted by molar-refractivity contribution is 5.70. The van der Waals surface area contributed by atoms with Crippen LogP contribution in [-0.4, -0.2) is 63.9 Å². The Morgan fingerprint density at radius 3 is 1.37 bits per heavy atom. The van der Waals surface area contributed by atoms with Crippen molar-refractivity contribution in [3.63, 3.8) is 0 Å². The summed E-state index contributed by atoms with van der Waals surface area (Å²) in [6.45, 7) is 12.5. The summed E-state index contributed by atoms with van der Waals surface area (Å²) in [6.07, 6.45) is 5.85. The summed E-state index contributed by atoms with van der Waals surface area (Å²) in [6, 6.07) is 0. The van der Waals surface area contributed by atoms with Crippen molar-refractivity contribution in [2.24, 2.45) is 11.8 Å². The van der Waals surface area contributed by atoms with Crippen molar-refractivity contribution in [1.29, 1.82) is 0 Å². The van der Waals surface area contributed by atoms with Gasteiger partial charge in [0.25, 0.3) is 0 Å². The molecule has 2 aliphatic heterocycles. The first-order chi connectivity index (χ1) is 14.4. The van der Waals surface area contributed by atoms with Crippen molar-refractivity contribution in [2.45, 2.75) is 66.2 Å². The second-order valence-electron chi connectivity index (χ2n) is 7.37. The van der Waals surface area contributed by atoms with Gasteiger partial charge in [0.1, 0.15) is 0 Å².